The Morgan fingerprint density at radius 1 is 1.27 bits per heavy atom. The number of rotatable bonds is 10. The molecule has 0 aliphatic heterocycles. The lowest BCUT2D eigenvalue weighted by Crippen LogP contribution is -2.34. The van der Waals surface area contributed by atoms with Gasteiger partial charge in [-0.3, -0.25) is 4.79 Å². The molecule has 22 heavy (non-hydrogen) atoms. The molecule has 0 saturated carbocycles. The predicted molar refractivity (Wildman–Crippen MR) is 90.7 cm³/mol. The molecule has 124 valence electrons. The minimum atomic E-state index is -0.734. The molecule has 0 aliphatic carbocycles. The molecule has 0 unspecified atom stereocenters. The smallest absolute Gasteiger partial charge is 0.310 e. The number of nitrogen functional groups attached to an aromatic ring is 1. The quantitative estimate of drug-likeness (QED) is 0.471. The molecule has 0 saturated heterocycles. The van der Waals surface area contributed by atoms with Gasteiger partial charge in [-0.2, -0.15) is 0 Å². The van der Waals surface area contributed by atoms with Gasteiger partial charge in [0.2, 0.25) is 0 Å². The minimum absolute atomic E-state index is 0.371. The third-order valence-corrected chi connectivity index (χ3v) is 5.33. The Kier molecular flexibility index (Phi) is 7.73. The van der Waals surface area contributed by atoms with Gasteiger partial charge in [-0.15, -0.1) is 11.8 Å². The van der Waals surface area contributed by atoms with Crippen LogP contribution in [0.4, 0.5) is 10.1 Å². The molecule has 1 aromatic carbocycles. The maximum atomic E-state index is 13.1. The van der Waals surface area contributed by atoms with Crippen molar-refractivity contribution in [1.82, 2.24) is 0 Å². The van der Waals surface area contributed by atoms with Crippen LogP contribution in [-0.4, -0.2) is 16.8 Å². The zero-order valence-electron chi connectivity index (χ0n) is 13.4. The molecule has 0 aliphatic rings. The van der Waals surface area contributed by atoms with Crippen molar-refractivity contribution in [3.63, 3.8) is 0 Å². The van der Waals surface area contributed by atoms with Crippen molar-refractivity contribution in [2.45, 2.75) is 57.3 Å². The zero-order chi connectivity index (χ0) is 16.6. The Morgan fingerprint density at radius 3 is 2.32 bits per heavy atom. The van der Waals surface area contributed by atoms with Crippen molar-refractivity contribution in [1.29, 1.82) is 0 Å². The van der Waals surface area contributed by atoms with E-state index >= 15 is 0 Å². The van der Waals surface area contributed by atoms with Gasteiger partial charge in [-0.1, -0.05) is 39.5 Å². The summed E-state index contributed by atoms with van der Waals surface area (Å²) < 4.78 is 13.1. The summed E-state index contributed by atoms with van der Waals surface area (Å²) in [6.45, 7) is 4.13. The number of carboxylic acid groups (broad SMARTS) is 1. The number of thioether (sulfide) groups is 1. The van der Waals surface area contributed by atoms with E-state index in [9.17, 15) is 14.3 Å². The Labute approximate surface area is 136 Å². The normalized spacial score (nSPS) is 11.6. The summed E-state index contributed by atoms with van der Waals surface area (Å²) in [5.74, 6) is -0.635. The van der Waals surface area contributed by atoms with Gasteiger partial charge >= 0.3 is 5.97 Å². The molecule has 1 aromatic rings. The first kappa shape index (κ1) is 18.8. The molecule has 1 rings (SSSR count). The molecule has 0 atom stereocenters. The Morgan fingerprint density at radius 2 is 1.86 bits per heavy atom. The van der Waals surface area contributed by atoms with Gasteiger partial charge in [0, 0.05) is 16.3 Å². The number of benzene rings is 1. The average molecular weight is 327 g/mol. The zero-order valence-corrected chi connectivity index (χ0v) is 14.2. The predicted octanol–water partition coefficient (Wildman–Crippen LogP) is 4.95. The maximum absolute atomic E-state index is 13.1. The fourth-order valence-corrected chi connectivity index (χ4v) is 3.68. The van der Waals surface area contributed by atoms with Crippen LogP contribution in [-0.2, 0) is 4.79 Å². The van der Waals surface area contributed by atoms with Crippen LogP contribution in [0.5, 0.6) is 0 Å². The Hall–Kier alpha value is -1.23. The molecule has 0 radical (unpaired) electrons. The van der Waals surface area contributed by atoms with Crippen molar-refractivity contribution in [3.8, 4) is 0 Å². The molecular formula is C17H26FNO2S. The Bertz CT molecular complexity index is 486. The summed E-state index contributed by atoms with van der Waals surface area (Å²) in [6.07, 6.45) is 5.10. The molecule has 3 N–H and O–H groups in total. The fraction of sp³-hybridized carbons (Fsp3) is 0.588. The number of nitrogens with two attached hydrogens (primary N) is 1. The van der Waals surface area contributed by atoms with Crippen molar-refractivity contribution < 1.29 is 14.3 Å². The second-order valence-electron chi connectivity index (χ2n) is 5.76. The standard InChI is InChI=1S/C17H26FNO2S/c1-3-5-9-17(16(20)21,10-6-4-2)12-22-15-8-7-13(18)11-14(15)19/h7-8,11H,3-6,9-10,12,19H2,1-2H3,(H,20,21). The number of unbranched alkanes of at least 4 members (excludes halogenated alkanes) is 2. The molecule has 0 fully saturated rings. The number of anilines is 1. The van der Waals surface area contributed by atoms with Crippen LogP contribution < -0.4 is 5.73 Å². The van der Waals surface area contributed by atoms with Gasteiger partial charge < -0.3 is 10.8 Å². The van der Waals surface area contributed by atoms with Crippen molar-refractivity contribution in [2.24, 2.45) is 5.41 Å². The van der Waals surface area contributed by atoms with E-state index < -0.39 is 11.4 Å². The van der Waals surface area contributed by atoms with E-state index in [1.54, 1.807) is 6.07 Å². The molecular weight excluding hydrogens is 301 g/mol. The Balaban J connectivity index is 2.88. The number of carboxylic acids is 1. The highest BCUT2D eigenvalue weighted by atomic mass is 32.2. The number of halogens is 1. The van der Waals surface area contributed by atoms with Crippen molar-refractivity contribution in [3.05, 3.63) is 24.0 Å². The molecule has 3 nitrogen and oxygen atoms in total. The van der Waals surface area contributed by atoms with E-state index in [0.717, 1.165) is 30.6 Å². The lowest BCUT2D eigenvalue weighted by atomic mass is 9.80. The fourth-order valence-electron chi connectivity index (χ4n) is 2.44. The van der Waals surface area contributed by atoms with Crippen molar-refractivity contribution in [2.75, 3.05) is 11.5 Å². The summed E-state index contributed by atoms with van der Waals surface area (Å²) in [6, 6.07) is 4.27. The number of carbonyl (C=O) groups is 1. The molecule has 0 spiro atoms. The molecule has 5 heteroatoms. The second-order valence-corrected chi connectivity index (χ2v) is 6.78. The summed E-state index contributed by atoms with van der Waals surface area (Å²) in [5, 5.41) is 9.76. The van der Waals surface area contributed by atoms with E-state index in [2.05, 4.69) is 13.8 Å². The maximum Gasteiger partial charge on any atom is 0.310 e. The SMILES string of the molecule is CCCCC(CCCC)(CSc1ccc(F)cc1N)C(=O)O. The highest BCUT2D eigenvalue weighted by Gasteiger charge is 2.37. The lowest BCUT2D eigenvalue weighted by Gasteiger charge is -2.29. The van der Waals surface area contributed by atoms with Gasteiger partial charge in [0.25, 0.3) is 0 Å². The third-order valence-electron chi connectivity index (χ3n) is 3.95. The first-order chi connectivity index (χ1) is 10.4. The highest BCUT2D eigenvalue weighted by Crippen LogP contribution is 2.39. The van der Waals surface area contributed by atoms with Crippen LogP contribution in [0.2, 0.25) is 0 Å². The first-order valence-electron chi connectivity index (χ1n) is 7.86. The number of hydrogen-bond acceptors (Lipinski definition) is 3. The van der Waals surface area contributed by atoms with Crippen LogP contribution in [0.15, 0.2) is 23.1 Å². The van der Waals surface area contributed by atoms with Crippen LogP contribution in [0.3, 0.4) is 0 Å². The van der Waals surface area contributed by atoms with Crippen molar-refractivity contribution >= 4 is 23.4 Å². The van der Waals surface area contributed by atoms with Gasteiger partial charge in [-0.25, -0.2) is 4.39 Å². The summed E-state index contributed by atoms with van der Waals surface area (Å²) in [5.41, 5.74) is 5.46. The topological polar surface area (TPSA) is 63.3 Å². The molecule has 0 amide bonds. The molecule has 0 aromatic heterocycles. The summed E-state index contributed by atoms with van der Waals surface area (Å²) >= 11 is 1.42. The number of aliphatic carboxylic acids is 1. The van der Waals surface area contributed by atoms with E-state index in [-0.39, 0.29) is 5.82 Å². The van der Waals surface area contributed by atoms with E-state index in [4.69, 9.17) is 5.73 Å². The highest BCUT2D eigenvalue weighted by molar-refractivity contribution is 7.99. The van der Waals surface area contributed by atoms with Crippen LogP contribution in [0.1, 0.15) is 52.4 Å². The van der Waals surface area contributed by atoms with Gasteiger partial charge in [-0.05, 0) is 31.0 Å². The van der Waals surface area contributed by atoms with Gasteiger partial charge in [0.05, 0.1) is 5.41 Å². The molecule has 0 heterocycles. The summed E-state index contributed by atoms with van der Waals surface area (Å²) in [4.78, 5) is 12.6. The van der Waals surface area contributed by atoms with Crippen LogP contribution in [0.25, 0.3) is 0 Å². The lowest BCUT2D eigenvalue weighted by molar-refractivity contribution is -0.148. The monoisotopic (exact) mass is 327 g/mol. The molecule has 0 bridgehead atoms. The van der Waals surface area contributed by atoms with E-state index in [1.165, 1.54) is 23.9 Å². The first-order valence-corrected chi connectivity index (χ1v) is 8.85. The summed E-state index contributed by atoms with van der Waals surface area (Å²) in [7, 11) is 0. The van der Waals surface area contributed by atoms with E-state index in [0.29, 0.717) is 24.3 Å². The number of hydrogen-bond donors (Lipinski definition) is 2. The minimum Gasteiger partial charge on any atom is -0.481 e. The van der Waals surface area contributed by atoms with Crippen LogP contribution >= 0.6 is 11.8 Å². The third kappa shape index (κ3) is 5.20. The largest absolute Gasteiger partial charge is 0.481 e. The van der Waals surface area contributed by atoms with E-state index in [1.807, 2.05) is 0 Å². The van der Waals surface area contributed by atoms with Gasteiger partial charge in [0.1, 0.15) is 5.82 Å². The van der Waals surface area contributed by atoms with Gasteiger partial charge in [0.15, 0.2) is 0 Å². The second kappa shape index (κ2) is 9.03. The van der Waals surface area contributed by atoms with Crippen LogP contribution in [0, 0.1) is 11.2 Å². The average Bonchev–Trinajstić information content (AvgIpc) is 2.48.